The van der Waals surface area contributed by atoms with Crippen molar-refractivity contribution in [1.29, 1.82) is 0 Å². The van der Waals surface area contributed by atoms with Crippen molar-refractivity contribution in [1.82, 2.24) is 5.32 Å². The molecule has 3 unspecified atom stereocenters. The maximum atomic E-state index is 5.67. The SMILES string of the molecule is CNC(Cc1cccc(OC)c1)C1COC(C)C1. The number of ether oxygens (including phenoxy) is 2. The minimum absolute atomic E-state index is 0.399. The Hall–Kier alpha value is -1.06. The molecule has 0 aliphatic carbocycles. The molecule has 3 nitrogen and oxygen atoms in total. The number of benzene rings is 1. The summed E-state index contributed by atoms with van der Waals surface area (Å²) in [5.74, 6) is 1.54. The van der Waals surface area contributed by atoms with E-state index < -0.39 is 0 Å². The van der Waals surface area contributed by atoms with Gasteiger partial charge in [0.05, 0.1) is 19.8 Å². The smallest absolute Gasteiger partial charge is 0.119 e. The zero-order chi connectivity index (χ0) is 13.0. The highest BCUT2D eigenvalue weighted by molar-refractivity contribution is 5.29. The van der Waals surface area contributed by atoms with E-state index in [1.165, 1.54) is 5.56 Å². The number of rotatable bonds is 5. The lowest BCUT2D eigenvalue weighted by Gasteiger charge is -2.22. The minimum Gasteiger partial charge on any atom is -0.497 e. The van der Waals surface area contributed by atoms with Crippen LogP contribution in [0.25, 0.3) is 0 Å². The largest absolute Gasteiger partial charge is 0.497 e. The van der Waals surface area contributed by atoms with E-state index in [1.807, 2.05) is 13.1 Å². The van der Waals surface area contributed by atoms with Gasteiger partial charge in [-0.05, 0) is 44.5 Å². The first-order valence-electron chi connectivity index (χ1n) is 6.64. The standard InChI is InChI=1S/C15H23NO2/c1-11-7-13(10-18-11)15(16-2)9-12-5-4-6-14(8-12)17-3/h4-6,8,11,13,15-16H,7,9-10H2,1-3H3. The van der Waals surface area contributed by atoms with Gasteiger partial charge < -0.3 is 14.8 Å². The van der Waals surface area contributed by atoms with Gasteiger partial charge in [-0.15, -0.1) is 0 Å². The molecule has 0 saturated carbocycles. The fraction of sp³-hybridized carbons (Fsp3) is 0.600. The molecule has 1 aliphatic rings. The average Bonchev–Trinajstić information content (AvgIpc) is 2.82. The summed E-state index contributed by atoms with van der Waals surface area (Å²) >= 11 is 0. The molecule has 1 fully saturated rings. The second kappa shape index (κ2) is 6.21. The first-order chi connectivity index (χ1) is 8.72. The molecular formula is C15H23NO2. The summed E-state index contributed by atoms with van der Waals surface area (Å²) in [4.78, 5) is 0. The maximum Gasteiger partial charge on any atom is 0.119 e. The first kappa shape index (κ1) is 13.4. The van der Waals surface area contributed by atoms with Gasteiger partial charge in [0.1, 0.15) is 5.75 Å². The van der Waals surface area contributed by atoms with Crippen LogP contribution in [-0.2, 0) is 11.2 Å². The highest BCUT2D eigenvalue weighted by Gasteiger charge is 2.28. The van der Waals surface area contributed by atoms with Gasteiger partial charge in [0.2, 0.25) is 0 Å². The second-order valence-electron chi connectivity index (χ2n) is 5.09. The molecule has 0 aromatic heterocycles. The summed E-state index contributed by atoms with van der Waals surface area (Å²) in [6.45, 7) is 3.02. The number of likely N-dealkylation sites (N-methyl/N-ethyl adjacent to an activating group) is 1. The summed E-state index contributed by atoms with van der Waals surface area (Å²) < 4.78 is 10.9. The van der Waals surface area contributed by atoms with Crippen LogP contribution in [0.5, 0.6) is 5.75 Å². The Bertz CT molecular complexity index is 381. The van der Waals surface area contributed by atoms with Crippen molar-refractivity contribution in [3.8, 4) is 5.75 Å². The molecule has 0 amide bonds. The van der Waals surface area contributed by atoms with E-state index in [0.717, 1.165) is 25.2 Å². The van der Waals surface area contributed by atoms with Crippen molar-refractivity contribution in [3.63, 3.8) is 0 Å². The molecule has 0 spiro atoms. The first-order valence-corrected chi connectivity index (χ1v) is 6.64. The Morgan fingerprint density at radius 1 is 1.50 bits per heavy atom. The number of methoxy groups -OCH3 is 1. The van der Waals surface area contributed by atoms with Gasteiger partial charge in [0.25, 0.3) is 0 Å². The summed E-state index contributed by atoms with van der Waals surface area (Å²) in [7, 11) is 3.75. The molecule has 0 bridgehead atoms. The van der Waals surface area contributed by atoms with Gasteiger partial charge >= 0.3 is 0 Å². The van der Waals surface area contributed by atoms with Gasteiger partial charge in [-0.2, -0.15) is 0 Å². The van der Waals surface area contributed by atoms with Crippen LogP contribution in [-0.4, -0.2) is 32.9 Å². The van der Waals surface area contributed by atoms with Crippen molar-refractivity contribution in [2.75, 3.05) is 20.8 Å². The lowest BCUT2D eigenvalue weighted by molar-refractivity contribution is 0.117. The zero-order valence-electron chi connectivity index (χ0n) is 11.5. The predicted octanol–water partition coefficient (Wildman–Crippen LogP) is 2.25. The molecule has 1 aliphatic heterocycles. The fourth-order valence-corrected chi connectivity index (χ4v) is 2.69. The molecule has 1 aromatic rings. The third-order valence-electron chi connectivity index (χ3n) is 3.76. The lowest BCUT2D eigenvalue weighted by atomic mass is 9.91. The Morgan fingerprint density at radius 2 is 2.33 bits per heavy atom. The summed E-state index contributed by atoms with van der Waals surface area (Å²) in [5, 5.41) is 3.43. The normalized spacial score (nSPS) is 25.1. The second-order valence-corrected chi connectivity index (χ2v) is 5.09. The van der Waals surface area contributed by atoms with Crippen LogP contribution in [0.15, 0.2) is 24.3 Å². The molecule has 1 aromatic carbocycles. The van der Waals surface area contributed by atoms with Crippen LogP contribution in [0.3, 0.4) is 0 Å². The van der Waals surface area contributed by atoms with Gasteiger partial charge in [-0.25, -0.2) is 0 Å². The van der Waals surface area contributed by atoms with Crippen molar-refractivity contribution >= 4 is 0 Å². The molecule has 100 valence electrons. The molecule has 2 rings (SSSR count). The Balaban J connectivity index is 2.01. The topological polar surface area (TPSA) is 30.5 Å². The Labute approximate surface area is 109 Å². The van der Waals surface area contributed by atoms with E-state index in [4.69, 9.17) is 9.47 Å². The van der Waals surface area contributed by atoms with Crippen LogP contribution in [0, 0.1) is 5.92 Å². The monoisotopic (exact) mass is 249 g/mol. The van der Waals surface area contributed by atoms with Crippen LogP contribution in [0.1, 0.15) is 18.9 Å². The summed E-state index contributed by atoms with van der Waals surface area (Å²) in [6.07, 6.45) is 2.57. The molecule has 0 radical (unpaired) electrons. The maximum absolute atomic E-state index is 5.67. The predicted molar refractivity (Wildman–Crippen MR) is 73.1 cm³/mol. The molecule has 1 heterocycles. The van der Waals surface area contributed by atoms with Gasteiger partial charge in [-0.3, -0.25) is 0 Å². The Morgan fingerprint density at radius 3 is 2.94 bits per heavy atom. The van der Waals surface area contributed by atoms with E-state index in [9.17, 15) is 0 Å². The molecule has 1 N–H and O–H groups in total. The van der Waals surface area contributed by atoms with E-state index in [0.29, 0.717) is 18.1 Å². The van der Waals surface area contributed by atoms with Crippen LogP contribution in [0.4, 0.5) is 0 Å². The highest BCUT2D eigenvalue weighted by Crippen LogP contribution is 2.25. The van der Waals surface area contributed by atoms with Crippen molar-refractivity contribution < 1.29 is 9.47 Å². The van der Waals surface area contributed by atoms with E-state index in [1.54, 1.807) is 7.11 Å². The lowest BCUT2D eigenvalue weighted by Crippen LogP contribution is -2.36. The van der Waals surface area contributed by atoms with Crippen molar-refractivity contribution in [2.45, 2.75) is 31.9 Å². The van der Waals surface area contributed by atoms with Crippen LogP contribution >= 0.6 is 0 Å². The third-order valence-corrected chi connectivity index (χ3v) is 3.76. The van der Waals surface area contributed by atoms with Crippen LogP contribution < -0.4 is 10.1 Å². The van der Waals surface area contributed by atoms with E-state index >= 15 is 0 Å². The average molecular weight is 249 g/mol. The van der Waals surface area contributed by atoms with E-state index in [-0.39, 0.29) is 0 Å². The number of nitrogens with one attached hydrogen (secondary N) is 1. The van der Waals surface area contributed by atoms with Gasteiger partial charge in [-0.1, -0.05) is 12.1 Å². The van der Waals surface area contributed by atoms with Crippen LogP contribution in [0.2, 0.25) is 0 Å². The van der Waals surface area contributed by atoms with Gasteiger partial charge in [0, 0.05) is 12.0 Å². The molecule has 3 heteroatoms. The summed E-state index contributed by atoms with van der Waals surface area (Å²) in [5.41, 5.74) is 1.31. The zero-order valence-corrected chi connectivity index (χ0v) is 11.5. The highest BCUT2D eigenvalue weighted by atomic mass is 16.5. The number of hydrogen-bond donors (Lipinski definition) is 1. The minimum atomic E-state index is 0.399. The quantitative estimate of drug-likeness (QED) is 0.868. The molecule has 18 heavy (non-hydrogen) atoms. The molecule has 1 saturated heterocycles. The van der Waals surface area contributed by atoms with Gasteiger partial charge in [0.15, 0.2) is 0 Å². The van der Waals surface area contributed by atoms with E-state index in [2.05, 4.69) is 30.4 Å². The summed E-state index contributed by atoms with van der Waals surface area (Å²) in [6, 6.07) is 8.78. The molecular weight excluding hydrogens is 226 g/mol. The third kappa shape index (κ3) is 3.24. The number of hydrogen-bond acceptors (Lipinski definition) is 3. The molecule has 3 atom stereocenters. The Kier molecular flexibility index (Phi) is 4.61. The van der Waals surface area contributed by atoms with Crippen molar-refractivity contribution in [3.05, 3.63) is 29.8 Å². The fourth-order valence-electron chi connectivity index (χ4n) is 2.69. The van der Waals surface area contributed by atoms with Crippen molar-refractivity contribution in [2.24, 2.45) is 5.92 Å².